The van der Waals surface area contributed by atoms with Crippen molar-refractivity contribution in [2.24, 2.45) is 0 Å². The molecule has 0 saturated carbocycles. The molecule has 0 aliphatic rings. The first kappa shape index (κ1) is 16.0. The molecule has 2 heterocycles. The maximum Gasteiger partial charge on any atom is 0.220 e. The van der Waals surface area contributed by atoms with Crippen LogP contribution in [0, 0.1) is 11.6 Å². The molecule has 0 radical (unpaired) electrons. The van der Waals surface area contributed by atoms with Crippen LogP contribution in [-0.4, -0.2) is 4.98 Å². The fourth-order valence-electron chi connectivity index (χ4n) is 2.60. The van der Waals surface area contributed by atoms with Gasteiger partial charge in [-0.2, -0.15) is 0 Å². The van der Waals surface area contributed by atoms with E-state index in [1.165, 1.54) is 24.3 Å². The molecule has 0 aliphatic heterocycles. The lowest BCUT2D eigenvalue weighted by atomic mass is 10.1. The number of hydrogen-bond donors (Lipinski definition) is 0. The molecular formula is C21H13F2NO2. The molecule has 0 saturated heterocycles. The lowest BCUT2D eigenvalue weighted by Gasteiger charge is -2.02. The van der Waals surface area contributed by atoms with Gasteiger partial charge in [-0.25, -0.2) is 13.8 Å². The standard InChI is InChI=1S/C21H13F2NO2/c22-17-5-1-3-15(11-17)20-21(16-4-2-6-18(23)12-16)26-19(24-20)8-7-14-9-10-25-13-14/h1-13H/b8-7+. The zero-order chi connectivity index (χ0) is 17.9. The van der Waals surface area contributed by atoms with Gasteiger partial charge in [-0.05, 0) is 36.4 Å². The highest BCUT2D eigenvalue weighted by Crippen LogP contribution is 2.33. The van der Waals surface area contributed by atoms with Crippen LogP contribution in [0.3, 0.4) is 0 Å². The normalized spacial score (nSPS) is 11.3. The molecule has 4 rings (SSSR count). The van der Waals surface area contributed by atoms with Crippen LogP contribution in [0.4, 0.5) is 8.78 Å². The molecule has 0 atom stereocenters. The highest BCUT2D eigenvalue weighted by atomic mass is 19.1. The van der Waals surface area contributed by atoms with Gasteiger partial charge in [0.2, 0.25) is 5.89 Å². The van der Waals surface area contributed by atoms with Crippen LogP contribution in [-0.2, 0) is 0 Å². The first-order valence-corrected chi connectivity index (χ1v) is 7.92. The van der Waals surface area contributed by atoms with Crippen molar-refractivity contribution in [1.82, 2.24) is 4.98 Å². The van der Waals surface area contributed by atoms with Gasteiger partial charge in [0.25, 0.3) is 0 Å². The molecule has 26 heavy (non-hydrogen) atoms. The van der Waals surface area contributed by atoms with E-state index < -0.39 is 0 Å². The first-order valence-electron chi connectivity index (χ1n) is 7.92. The van der Waals surface area contributed by atoms with Crippen molar-refractivity contribution in [3.8, 4) is 22.6 Å². The molecule has 0 aliphatic carbocycles. The molecular weight excluding hydrogens is 336 g/mol. The summed E-state index contributed by atoms with van der Waals surface area (Å²) >= 11 is 0. The van der Waals surface area contributed by atoms with E-state index in [9.17, 15) is 8.78 Å². The predicted molar refractivity (Wildman–Crippen MR) is 94.9 cm³/mol. The summed E-state index contributed by atoms with van der Waals surface area (Å²) in [5.41, 5.74) is 2.38. The Morgan fingerprint density at radius 2 is 1.58 bits per heavy atom. The van der Waals surface area contributed by atoms with E-state index >= 15 is 0 Å². The van der Waals surface area contributed by atoms with Crippen LogP contribution >= 0.6 is 0 Å². The Kier molecular flexibility index (Phi) is 4.19. The summed E-state index contributed by atoms with van der Waals surface area (Å²) in [5, 5.41) is 0. The lowest BCUT2D eigenvalue weighted by molar-refractivity contribution is 0.559. The Bertz CT molecular complexity index is 1000. The van der Waals surface area contributed by atoms with Gasteiger partial charge in [0.1, 0.15) is 17.3 Å². The third-order valence-electron chi connectivity index (χ3n) is 3.79. The molecule has 2 aromatic heterocycles. The third kappa shape index (κ3) is 3.32. The molecule has 0 spiro atoms. The summed E-state index contributed by atoms with van der Waals surface area (Å²) in [6.07, 6.45) is 6.60. The first-order chi connectivity index (χ1) is 12.7. The average molecular weight is 349 g/mol. The largest absolute Gasteiger partial charge is 0.472 e. The lowest BCUT2D eigenvalue weighted by Crippen LogP contribution is -1.85. The number of aromatic nitrogens is 1. The van der Waals surface area contributed by atoms with Gasteiger partial charge in [-0.1, -0.05) is 24.3 Å². The molecule has 5 heteroatoms. The van der Waals surface area contributed by atoms with Crippen molar-refractivity contribution in [2.45, 2.75) is 0 Å². The maximum atomic E-state index is 13.6. The molecule has 0 fully saturated rings. The van der Waals surface area contributed by atoms with Crippen molar-refractivity contribution < 1.29 is 17.6 Å². The average Bonchev–Trinajstić information content (AvgIpc) is 3.30. The SMILES string of the molecule is Fc1cccc(-c2nc(/C=C/c3ccoc3)oc2-c2cccc(F)c2)c1. The minimum Gasteiger partial charge on any atom is -0.472 e. The second-order valence-electron chi connectivity index (χ2n) is 5.64. The van der Waals surface area contributed by atoms with Crippen LogP contribution in [0.15, 0.2) is 76.0 Å². The Hall–Kier alpha value is -3.47. The van der Waals surface area contributed by atoms with E-state index in [1.807, 2.05) is 0 Å². The predicted octanol–water partition coefficient (Wildman–Crippen LogP) is 6.05. The van der Waals surface area contributed by atoms with E-state index in [0.717, 1.165) is 5.56 Å². The van der Waals surface area contributed by atoms with Gasteiger partial charge in [0, 0.05) is 22.8 Å². The summed E-state index contributed by atoms with van der Waals surface area (Å²) in [6, 6.07) is 13.8. The smallest absolute Gasteiger partial charge is 0.220 e. The van der Waals surface area contributed by atoms with E-state index in [0.29, 0.717) is 28.5 Å². The number of nitrogens with zero attached hydrogens (tertiary/aromatic N) is 1. The van der Waals surface area contributed by atoms with Gasteiger partial charge in [0.15, 0.2) is 5.76 Å². The van der Waals surface area contributed by atoms with Crippen LogP contribution in [0.25, 0.3) is 34.7 Å². The van der Waals surface area contributed by atoms with Gasteiger partial charge >= 0.3 is 0 Å². The fourth-order valence-corrected chi connectivity index (χ4v) is 2.60. The zero-order valence-electron chi connectivity index (χ0n) is 13.5. The number of rotatable bonds is 4. The second-order valence-corrected chi connectivity index (χ2v) is 5.64. The van der Waals surface area contributed by atoms with Crippen LogP contribution in [0.2, 0.25) is 0 Å². The quantitative estimate of drug-likeness (QED) is 0.450. The second kappa shape index (κ2) is 6.80. The van der Waals surface area contributed by atoms with E-state index in [2.05, 4.69) is 4.98 Å². The molecule has 128 valence electrons. The zero-order valence-corrected chi connectivity index (χ0v) is 13.5. The summed E-state index contributed by atoms with van der Waals surface area (Å²) in [7, 11) is 0. The highest BCUT2D eigenvalue weighted by Gasteiger charge is 2.17. The molecule has 0 N–H and O–H groups in total. The number of halogens is 2. The number of hydrogen-bond acceptors (Lipinski definition) is 3. The number of furan rings is 1. The molecule has 2 aromatic carbocycles. The van der Waals surface area contributed by atoms with Gasteiger partial charge in [-0.15, -0.1) is 0 Å². The van der Waals surface area contributed by atoms with Gasteiger partial charge in [-0.3, -0.25) is 0 Å². The molecule has 0 bridgehead atoms. The van der Waals surface area contributed by atoms with Crippen LogP contribution < -0.4 is 0 Å². The fraction of sp³-hybridized carbons (Fsp3) is 0. The Morgan fingerprint density at radius 1 is 0.846 bits per heavy atom. The molecule has 0 amide bonds. The third-order valence-corrected chi connectivity index (χ3v) is 3.79. The molecule has 3 nitrogen and oxygen atoms in total. The van der Waals surface area contributed by atoms with Crippen molar-refractivity contribution in [1.29, 1.82) is 0 Å². The topological polar surface area (TPSA) is 39.2 Å². The van der Waals surface area contributed by atoms with Crippen LogP contribution in [0.5, 0.6) is 0 Å². The monoisotopic (exact) mass is 349 g/mol. The van der Waals surface area contributed by atoms with Crippen molar-refractivity contribution >= 4 is 12.2 Å². The van der Waals surface area contributed by atoms with Crippen molar-refractivity contribution in [3.63, 3.8) is 0 Å². The molecule has 4 aromatic rings. The van der Waals surface area contributed by atoms with Crippen molar-refractivity contribution in [3.05, 3.63) is 90.2 Å². The number of benzene rings is 2. The minimum absolute atomic E-state index is 0.324. The Morgan fingerprint density at radius 3 is 2.27 bits per heavy atom. The van der Waals surface area contributed by atoms with Crippen LogP contribution in [0.1, 0.15) is 11.5 Å². The summed E-state index contributed by atoms with van der Waals surface area (Å²) in [6.45, 7) is 0. The Labute approximate surface area is 148 Å². The molecule has 0 unspecified atom stereocenters. The summed E-state index contributed by atoms with van der Waals surface area (Å²) in [4.78, 5) is 4.45. The number of oxazole rings is 1. The van der Waals surface area contributed by atoms with Gasteiger partial charge < -0.3 is 8.83 Å². The van der Waals surface area contributed by atoms with E-state index in [4.69, 9.17) is 8.83 Å². The summed E-state index contributed by atoms with van der Waals surface area (Å²) < 4.78 is 38.1. The van der Waals surface area contributed by atoms with Gasteiger partial charge in [0.05, 0.1) is 12.5 Å². The Balaban J connectivity index is 1.82. The van der Waals surface area contributed by atoms with E-state index in [1.54, 1.807) is 55.0 Å². The maximum absolute atomic E-state index is 13.6. The highest BCUT2D eigenvalue weighted by molar-refractivity contribution is 5.78. The minimum atomic E-state index is -0.389. The van der Waals surface area contributed by atoms with E-state index in [-0.39, 0.29) is 11.6 Å². The van der Waals surface area contributed by atoms with Crippen molar-refractivity contribution in [2.75, 3.05) is 0 Å². The summed E-state index contributed by atoms with van der Waals surface area (Å²) in [5.74, 6) is -0.0718.